The first kappa shape index (κ1) is 19.0. The number of hydrogen-bond donors (Lipinski definition) is 0. The fraction of sp³-hybridized carbons (Fsp3) is 0.0690. The maximum Gasteiger partial charge on any atom is 0.281 e. The van der Waals surface area contributed by atoms with Crippen LogP contribution < -0.4 is 4.57 Å². The van der Waals surface area contributed by atoms with Crippen molar-refractivity contribution in [3.8, 4) is 16.3 Å². The zero-order valence-electron chi connectivity index (χ0n) is 18.4. The monoisotopic (exact) mass is 461 g/mol. The molecule has 0 aliphatic carbocycles. The van der Waals surface area contributed by atoms with E-state index in [9.17, 15) is 0 Å². The number of hydrogen-bond acceptors (Lipinski definition) is 2. The lowest BCUT2D eigenvalue weighted by Gasteiger charge is -2.11. The van der Waals surface area contributed by atoms with Crippen molar-refractivity contribution in [1.29, 1.82) is 0 Å². The Labute approximate surface area is 199 Å². The molecule has 0 aliphatic rings. The summed E-state index contributed by atoms with van der Waals surface area (Å²) in [5.41, 5.74) is 6.36. The third-order valence-electron chi connectivity index (χ3n) is 6.61. The SMILES string of the molecule is Cc1ccc2c3ccccc3n(-c3ccccc3)c2c1-c1sc2c3ccccc3sc2[n+]1C. The molecule has 0 fully saturated rings. The Balaban J connectivity index is 1.66. The van der Waals surface area contributed by atoms with E-state index >= 15 is 0 Å². The molecule has 0 N–H and O–H groups in total. The van der Waals surface area contributed by atoms with Gasteiger partial charge in [0.1, 0.15) is 11.7 Å². The summed E-state index contributed by atoms with van der Waals surface area (Å²) in [4.78, 5) is 1.34. The fourth-order valence-corrected chi connectivity index (χ4v) is 7.81. The van der Waals surface area contributed by atoms with Crippen molar-refractivity contribution >= 4 is 64.1 Å². The quantitative estimate of drug-likeness (QED) is 0.231. The number of para-hydroxylation sites is 2. The molecule has 0 radical (unpaired) electrons. The summed E-state index contributed by atoms with van der Waals surface area (Å²) in [6.45, 7) is 2.24. The number of thiophene rings is 1. The van der Waals surface area contributed by atoms with Gasteiger partial charge in [-0.05, 0) is 36.8 Å². The van der Waals surface area contributed by atoms with Gasteiger partial charge in [0.05, 0.1) is 16.6 Å². The number of aryl methyl sites for hydroxylation is 2. The number of fused-ring (bicyclic) bond motifs is 6. The van der Waals surface area contributed by atoms with Gasteiger partial charge in [-0.1, -0.05) is 89.4 Å². The van der Waals surface area contributed by atoms with Crippen LogP contribution in [-0.4, -0.2) is 4.57 Å². The molecule has 0 aliphatic heterocycles. The average molecular weight is 462 g/mol. The zero-order chi connectivity index (χ0) is 22.1. The molecule has 4 heteroatoms. The molecule has 33 heavy (non-hydrogen) atoms. The Bertz CT molecular complexity index is 1830. The number of aromatic nitrogens is 2. The summed E-state index contributed by atoms with van der Waals surface area (Å²) >= 11 is 3.80. The predicted molar refractivity (Wildman–Crippen MR) is 143 cm³/mol. The Morgan fingerprint density at radius 2 is 1.42 bits per heavy atom. The van der Waals surface area contributed by atoms with Crippen LogP contribution in [0, 0.1) is 6.92 Å². The predicted octanol–water partition coefficient (Wildman–Crippen LogP) is 8.01. The third kappa shape index (κ3) is 2.62. The van der Waals surface area contributed by atoms with E-state index in [1.807, 2.05) is 22.7 Å². The molecule has 3 heterocycles. The summed E-state index contributed by atoms with van der Waals surface area (Å²) in [6, 6.07) is 32.8. The number of rotatable bonds is 2. The van der Waals surface area contributed by atoms with E-state index in [0.29, 0.717) is 0 Å². The van der Waals surface area contributed by atoms with Crippen LogP contribution in [0.15, 0.2) is 91.0 Å². The fourth-order valence-electron chi connectivity index (χ4n) is 5.08. The second-order valence-electron chi connectivity index (χ2n) is 8.54. The van der Waals surface area contributed by atoms with E-state index in [0.717, 1.165) is 0 Å². The molecular formula is C29H21N2S2+. The normalized spacial score (nSPS) is 11.9. The van der Waals surface area contributed by atoms with Crippen molar-refractivity contribution < 1.29 is 4.57 Å². The molecule has 158 valence electrons. The van der Waals surface area contributed by atoms with Crippen molar-refractivity contribution in [2.45, 2.75) is 6.92 Å². The van der Waals surface area contributed by atoms with E-state index in [2.05, 4.69) is 114 Å². The first-order chi connectivity index (χ1) is 16.2. The molecule has 4 aromatic carbocycles. The molecule has 0 saturated carbocycles. The van der Waals surface area contributed by atoms with Gasteiger partial charge in [0.2, 0.25) is 0 Å². The average Bonchev–Trinajstić information content (AvgIpc) is 3.49. The summed E-state index contributed by atoms with van der Waals surface area (Å²) in [7, 11) is 2.22. The second-order valence-corrected chi connectivity index (χ2v) is 10.6. The van der Waals surface area contributed by atoms with Gasteiger partial charge in [0.25, 0.3) is 9.84 Å². The lowest BCUT2D eigenvalue weighted by Crippen LogP contribution is -2.27. The highest BCUT2D eigenvalue weighted by molar-refractivity contribution is 7.32. The van der Waals surface area contributed by atoms with Gasteiger partial charge in [-0.15, -0.1) is 0 Å². The summed E-state index contributed by atoms with van der Waals surface area (Å²) in [5.74, 6) is 0. The highest BCUT2D eigenvalue weighted by Crippen LogP contribution is 2.44. The largest absolute Gasteiger partial charge is 0.308 e. The molecule has 7 rings (SSSR count). The second kappa shape index (κ2) is 7.01. The van der Waals surface area contributed by atoms with E-state index in [-0.39, 0.29) is 0 Å². The van der Waals surface area contributed by atoms with Gasteiger partial charge in [0.15, 0.2) is 0 Å². The standard InChI is InChI=1S/C29H21N2S2/c1-18-16-17-21-20-12-6-8-14-23(20)31(19-10-4-3-5-11-19)26(21)25(18)28-30(2)29-27(33-28)22-13-7-9-15-24(22)32-29/h3-17H,1-2H3/q+1. The van der Waals surface area contributed by atoms with E-state index < -0.39 is 0 Å². The van der Waals surface area contributed by atoms with Crippen LogP contribution in [0.2, 0.25) is 0 Å². The minimum Gasteiger partial charge on any atom is -0.308 e. The minimum absolute atomic E-state index is 1.20. The lowest BCUT2D eigenvalue weighted by atomic mass is 10.0. The summed E-state index contributed by atoms with van der Waals surface area (Å²) in [6.07, 6.45) is 0. The molecule has 2 nitrogen and oxygen atoms in total. The van der Waals surface area contributed by atoms with Crippen LogP contribution >= 0.6 is 22.7 Å². The molecule has 0 unspecified atom stereocenters. The Morgan fingerprint density at radius 1 is 0.697 bits per heavy atom. The molecular weight excluding hydrogens is 440 g/mol. The smallest absolute Gasteiger partial charge is 0.281 e. The van der Waals surface area contributed by atoms with E-state index in [1.165, 1.54) is 63.2 Å². The number of benzene rings is 4. The highest BCUT2D eigenvalue weighted by Gasteiger charge is 2.28. The van der Waals surface area contributed by atoms with Gasteiger partial charge in [-0.3, -0.25) is 0 Å². The molecule has 3 aromatic heterocycles. The molecule has 0 saturated heterocycles. The molecule has 0 atom stereocenters. The van der Waals surface area contributed by atoms with Crippen LogP contribution in [-0.2, 0) is 7.05 Å². The Kier molecular flexibility index (Phi) is 4.05. The zero-order valence-corrected chi connectivity index (χ0v) is 20.0. The maximum atomic E-state index is 2.44. The van der Waals surface area contributed by atoms with E-state index in [4.69, 9.17) is 0 Å². The molecule has 0 amide bonds. The van der Waals surface area contributed by atoms with E-state index in [1.54, 1.807) is 0 Å². The van der Waals surface area contributed by atoms with Crippen LogP contribution in [0.1, 0.15) is 5.56 Å². The van der Waals surface area contributed by atoms with Crippen LogP contribution in [0.25, 0.3) is 57.7 Å². The molecule has 0 bridgehead atoms. The summed E-state index contributed by atoms with van der Waals surface area (Å²) in [5, 5.41) is 5.27. The molecule has 0 spiro atoms. The lowest BCUT2D eigenvalue weighted by molar-refractivity contribution is -0.627. The van der Waals surface area contributed by atoms with Gasteiger partial charge < -0.3 is 4.57 Å². The van der Waals surface area contributed by atoms with Crippen molar-refractivity contribution in [3.05, 3.63) is 96.6 Å². The summed E-state index contributed by atoms with van der Waals surface area (Å²) < 4.78 is 7.58. The number of thiazole rings is 1. The Morgan fingerprint density at radius 3 is 2.27 bits per heavy atom. The van der Waals surface area contributed by atoms with Crippen molar-refractivity contribution in [2.75, 3.05) is 0 Å². The first-order valence-corrected chi connectivity index (χ1v) is 12.7. The minimum atomic E-state index is 1.20. The molecule has 7 aromatic rings. The van der Waals surface area contributed by atoms with Gasteiger partial charge in [-0.25, -0.2) is 0 Å². The van der Waals surface area contributed by atoms with Crippen molar-refractivity contribution in [2.24, 2.45) is 7.05 Å². The van der Waals surface area contributed by atoms with Crippen LogP contribution in [0.3, 0.4) is 0 Å². The van der Waals surface area contributed by atoms with Crippen LogP contribution in [0.4, 0.5) is 0 Å². The van der Waals surface area contributed by atoms with Gasteiger partial charge >= 0.3 is 0 Å². The first-order valence-electron chi connectivity index (χ1n) is 11.1. The highest BCUT2D eigenvalue weighted by atomic mass is 32.1. The van der Waals surface area contributed by atoms with Gasteiger partial charge in [-0.2, -0.15) is 4.57 Å². The number of nitrogens with zero attached hydrogens (tertiary/aromatic N) is 2. The van der Waals surface area contributed by atoms with Crippen molar-refractivity contribution in [3.63, 3.8) is 0 Å². The third-order valence-corrected chi connectivity index (χ3v) is 9.28. The van der Waals surface area contributed by atoms with Crippen molar-refractivity contribution in [1.82, 2.24) is 4.57 Å². The maximum absolute atomic E-state index is 2.44. The topological polar surface area (TPSA) is 8.81 Å². The van der Waals surface area contributed by atoms with Crippen LogP contribution in [0.5, 0.6) is 0 Å². The Hall–Kier alpha value is -3.47. The van der Waals surface area contributed by atoms with Gasteiger partial charge in [0, 0.05) is 26.5 Å².